The van der Waals surface area contributed by atoms with Gasteiger partial charge < -0.3 is 19.5 Å². The molecule has 0 fully saturated rings. The van der Waals surface area contributed by atoms with E-state index < -0.39 is 6.10 Å². The number of halogens is 1. The van der Waals surface area contributed by atoms with Crippen LogP contribution in [0.5, 0.6) is 17.2 Å². The number of nitrogens with zero attached hydrogens (tertiary/aromatic N) is 3. The zero-order valence-electron chi connectivity index (χ0n) is 19.4. The van der Waals surface area contributed by atoms with Gasteiger partial charge in [-0.2, -0.15) is 10.1 Å². The summed E-state index contributed by atoms with van der Waals surface area (Å²) in [5.41, 5.74) is 5.56. The van der Waals surface area contributed by atoms with Crippen LogP contribution in [0.15, 0.2) is 72.6 Å². The summed E-state index contributed by atoms with van der Waals surface area (Å²) >= 11 is 0. The van der Waals surface area contributed by atoms with Crippen molar-refractivity contribution >= 4 is 11.6 Å². The van der Waals surface area contributed by atoms with Crippen LogP contribution in [0.25, 0.3) is 5.70 Å². The van der Waals surface area contributed by atoms with Crippen LogP contribution in [-0.4, -0.2) is 29.0 Å². The second-order valence-electron chi connectivity index (χ2n) is 8.54. The third kappa shape index (κ3) is 3.41. The van der Waals surface area contributed by atoms with Gasteiger partial charge in [0, 0.05) is 22.8 Å². The lowest BCUT2D eigenvalue weighted by Crippen LogP contribution is -2.32. The summed E-state index contributed by atoms with van der Waals surface area (Å²) in [6, 6.07) is 17.8. The Hall–Kier alpha value is -4.33. The fourth-order valence-corrected chi connectivity index (χ4v) is 4.84. The SMILES string of the molecule is COc1ccc([C@H]2Oc3ccc(C)cc3C3=C2[C@H](c2ccc(F)cc2)n2ncnc2N3)c(OC)c1. The summed E-state index contributed by atoms with van der Waals surface area (Å²) in [5, 5.41) is 7.99. The van der Waals surface area contributed by atoms with E-state index in [9.17, 15) is 4.39 Å². The Kier molecular flexibility index (Phi) is 4.95. The smallest absolute Gasteiger partial charge is 0.226 e. The second kappa shape index (κ2) is 8.16. The topological polar surface area (TPSA) is 70.4 Å². The van der Waals surface area contributed by atoms with E-state index in [0.29, 0.717) is 17.4 Å². The number of methoxy groups -OCH3 is 2. The third-order valence-corrected chi connectivity index (χ3v) is 6.48. The molecule has 2 atom stereocenters. The molecular formula is C27H23FN4O3. The lowest BCUT2D eigenvalue weighted by molar-refractivity contribution is 0.217. The normalized spacial score (nSPS) is 18.1. The van der Waals surface area contributed by atoms with Crippen LogP contribution in [0.2, 0.25) is 0 Å². The lowest BCUT2D eigenvalue weighted by Gasteiger charge is -2.39. The van der Waals surface area contributed by atoms with Crippen LogP contribution in [0, 0.1) is 12.7 Å². The molecule has 6 rings (SSSR count). The number of aromatic nitrogens is 3. The van der Waals surface area contributed by atoms with Gasteiger partial charge in [-0.1, -0.05) is 23.8 Å². The van der Waals surface area contributed by atoms with Gasteiger partial charge in [-0.05, 0) is 48.9 Å². The summed E-state index contributed by atoms with van der Waals surface area (Å²) in [5.74, 6) is 2.37. The van der Waals surface area contributed by atoms with E-state index >= 15 is 0 Å². The maximum Gasteiger partial charge on any atom is 0.226 e. The van der Waals surface area contributed by atoms with Gasteiger partial charge in [-0.25, -0.2) is 9.07 Å². The van der Waals surface area contributed by atoms with Gasteiger partial charge in [-0.15, -0.1) is 0 Å². The Balaban J connectivity index is 1.63. The number of hydrogen-bond acceptors (Lipinski definition) is 6. The minimum atomic E-state index is -0.513. The standard InChI is InChI=1S/C27H23FN4O3/c1-15-4-11-21-20(12-15)24-23(26(35-21)19-10-9-18(33-2)13-22(19)34-3)25(16-5-7-17(28)8-6-16)32-27(31-24)29-14-30-32/h4-14,25-26H,1-3H3,(H,29,30,31)/t25-,26+/m0/s1. The molecule has 0 spiro atoms. The van der Waals surface area contributed by atoms with Gasteiger partial charge in [0.25, 0.3) is 0 Å². The van der Waals surface area contributed by atoms with Gasteiger partial charge in [0.2, 0.25) is 5.95 Å². The van der Waals surface area contributed by atoms with Gasteiger partial charge in [0.1, 0.15) is 35.4 Å². The minimum Gasteiger partial charge on any atom is -0.497 e. The monoisotopic (exact) mass is 470 g/mol. The predicted octanol–water partition coefficient (Wildman–Crippen LogP) is 5.30. The van der Waals surface area contributed by atoms with Crippen LogP contribution in [0.1, 0.15) is 34.4 Å². The fraction of sp³-hybridized carbons (Fsp3) is 0.185. The molecule has 8 heteroatoms. The molecule has 0 aliphatic carbocycles. The van der Waals surface area contributed by atoms with E-state index in [1.165, 1.54) is 18.5 Å². The molecule has 1 aromatic heterocycles. The Morgan fingerprint density at radius 3 is 2.60 bits per heavy atom. The highest BCUT2D eigenvalue weighted by Crippen LogP contribution is 2.52. The van der Waals surface area contributed by atoms with Crippen molar-refractivity contribution in [1.29, 1.82) is 0 Å². The summed E-state index contributed by atoms with van der Waals surface area (Å²) in [6.45, 7) is 2.04. The number of nitrogens with one attached hydrogen (secondary N) is 1. The summed E-state index contributed by atoms with van der Waals surface area (Å²) < 4.78 is 33.5. The van der Waals surface area contributed by atoms with Crippen molar-refractivity contribution in [3.05, 3.63) is 101 Å². The summed E-state index contributed by atoms with van der Waals surface area (Å²) in [6.07, 6.45) is 0.999. The van der Waals surface area contributed by atoms with Crippen LogP contribution < -0.4 is 19.5 Å². The van der Waals surface area contributed by atoms with E-state index in [1.54, 1.807) is 31.0 Å². The molecule has 3 aromatic carbocycles. The highest BCUT2D eigenvalue weighted by Gasteiger charge is 2.42. The highest BCUT2D eigenvalue weighted by molar-refractivity contribution is 5.85. The largest absolute Gasteiger partial charge is 0.497 e. The number of rotatable bonds is 4. The Labute approximate surface area is 201 Å². The highest BCUT2D eigenvalue weighted by atomic mass is 19.1. The van der Waals surface area contributed by atoms with Gasteiger partial charge in [-0.3, -0.25) is 0 Å². The van der Waals surface area contributed by atoms with Gasteiger partial charge >= 0.3 is 0 Å². The number of hydrogen-bond donors (Lipinski definition) is 1. The molecular weight excluding hydrogens is 447 g/mol. The molecule has 2 aliphatic heterocycles. The number of ether oxygens (including phenoxy) is 3. The Bertz CT molecular complexity index is 1460. The molecule has 4 aromatic rings. The predicted molar refractivity (Wildman–Crippen MR) is 129 cm³/mol. The molecule has 2 aliphatic rings. The molecule has 3 heterocycles. The molecule has 0 unspecified atom stereocenters. The number of anilines is 1. The molecule has 0 amide bonds. The molecule has 0 saturated carbocycles. The van der Waals surface area contributed by atoms with Crippen LogP contribution in [0.3, 0.4) is 0 Å². The molecule has 7 nitrogen and oxygen atoms in total. The number of aryl methyl sites for hydroxylation is 1. The lowest BCUT2D eigenvalue weighted by atomic mass is 9.84. The summed E-state index contributed by atoms with van der Waals surface area (Å²) in [7, 11) is 3.24. The van der Waals surface area contributed by atoms with Gasteiger partial charge in [0.15, 0.2) is 6.10 Å². The van der Waals surface area contributed by atoms with E-state index in [0.717, 1.165) is 39.3 Å². The zero-order chi connectivity index (χ0) is 24.1. The number of fused-ring (bicyclic) bond motifs is 3. The maximum absolute atomic E-state index is 13.9. The van der Waals surface area contributed by atoms with Crippen molar-refractivity contribution in [1.82, 2.24) is 14.8 Å². The Morgan fingerprint density at radius 2 is 1.83 bits per heavy atom. The molecule has 176 valence electrons. The van der Waals surface area contributed by atoms with E-state index in [2.05, 4.69) is 21.5 Å². The maximum atomic E-state index is 13.9. The van der Waals surface area contributed by atoms with Crippen molar-refractivity contribution in [3.63, 3.8) is 0 Å². The van der Waals surface area contributed by atoms with Crippen molar-refractivity contribution in [3.8, 4) is 17.2 Å². The third-order valence-electron chi connectivity index (χ3n) is 6.48. The van der Waals surface area contributed by atoms with Crippen molar-refractivity contribution < 1.29 is 18.6 Å². The Morgan fingerprint density at radius 1 is 1.00 bits per heavy atom. The molecule has 0 saturated heterocycles. The fourth-order valence-electron chi connectivity index (χ4n) is 4.84. The molecule has 0 bridgehead atoms. The van der Waals surface area contributed by atoms with Crippen molar-refractivity contribution in [2.45, 2.75) is 19.1 Å². The first-order chi connectivity index (χ1) is 17.1. The van der Waals surface area contributed by atoms with Crippen molar-refractivity contribution in [2.75, 3.05) is 19.5 Å². The minimum absolute atomic E-state index is 0.301. The van der Waals surface area contributed by atoms with E-state index in [-0.39, 0.29) is 11.9 Å². The summed E-state index contributed by atoms with van der Waals surface area (Å²) in [4.78, 5) is 4.44. The average molecular weight is 471 g/mol. The first kappa shape index (κ1) is 21.2. The van der Waals surface area contributed by atoms with E-state index in [4.69, 9.17) is 14.2 Å². The average Bonchev–Trinajstić information content (AvgIpc) is 3.36. The molecule has 1 N–H and O–H groups in total. The van der Waals surface area contributed by atoms with Crippen LogP contribution in [0.4, 0.5) is 10.3 Å². The second-order valence-corrected chi connectivity index (χ2v) is 8.54. The van der Waals surface area contributed by atoms with E-state index in [1.807, 2.05) is 37.3 Å². The zero-order valence-corrected chi connectivity index (χ0v) is 19.4. The molecule has 35 heavy (non-hydrogen) atoms. The first-order valence-corrected chi connectivity index (χ1v) is 11.2. The quantitative estimate of drug-likeness (QED) is 0.436. The first-order valence-electron chi connectivity index (χ1n) is 11.2. The van der Waals surface area contributed by atoms with Crippen molar-refractivity contribution in [2.24, 2.45) is 0 Å². The number of benzene rings is 3. The van der Waals surface area contributed by atoms with Crippen LogP contribution in [-0.2, 0) is 0 Å². The molecule has 0 radical (unpaired) electrons. The van der Waals surface area contributed by atoms with Gasteiger partial charge in [0.05, 0.1) is 19.9 Å². The van der Waals surface area contributed by atoms with Crippen LogP contribution >= 0.6 is 0 Å².